The Morgan fingerprint density at radius 1 is 1.00 bits per heavy atom. The minimum absolute atomic E-state index is 0.158. The number of esters is 1. The zero-order valence-electron chi connectivity index (χ0n) is 23.1. The van der Waals surface area contributed by atoms with Gasteiger partial charge >= 0.3 is 5.97 Å². The highest BCUT2D eigenvalue weighted by Crippen LogP contribution is 2.42. The van der Waals surface area contributed by atoms with Gasteiger partial charge in [0.1, 0.15) is 18.3 Å². The van der Waals surface area contributed by atoms with Gasteiger partial charge in [-0.3, -0.25) is 9.63 Å². The molecule has 0 N–H and O–H groups in total. The van der Waals surface area contributed by atoms with Crippen molar-refractivity contribution in [1.82, 2.24) is 5.06 Å². The summed E-state index contributed by atoms with van der Waals surface area (Å²) in [4.78, 5) is 17.3. The third-order valence-corrected chi connectivity index (χ3v) is 12.4. The molecule has 2 aromatic carbocycles. The van der Waals surface area contributed by atoms with E-state index in [2.05, 4.69) is 69.3 Å². The Morgan fingerprint density at radius 2 is 1.58 bits per heavy atom. The second-order valence-corrected chi connectivity index (χ2v) is 16.0. The van der Waals surface area contributed by atoms with Gasteiger partial charge in [-0.15, -0.1) is 0 Å². The van der Waals surface area contributed by atoms with E-state index < -0.39 is 26.6 Å². The number of hydroxylamine groups is 2. The van der Waals surface area contributed by atoms with Crippen LogP contribution in [0.1, 0.15) is 48.0 Å². The Kier molecular flexibility index (Phi) is 7.56. The van der Waals surface area contributed by atoms with Crippen LogP contribution in [0.15, 0.2) is 60.7 Å². The molecule has 9 heteroatoms. The van der Waals surface area contributed by atoms with Crippen LogP contribution in [-0.4, -0.2) is 69.1 Å². The molecule has 0 radical (unpaired) electrons. The summed E-state index contributed by atoms with van der Waals surface area (Å²) in [6.45, 7) is 12.9. The van der Waals surface area contributed by atoms with Gasteiger partial charge in [0.2, 0.25) is 6.29 Å². The monoisotopic (exact) mass is 541 g/mol. The molecule has 3 heterocycles. The van der Waals surface area contributed by atoms with E-state index in [9.17, 15) is 4.79 Å². The SMILES string of the molecule is CC(=O)O[C@@H]1CCN([C@@H]2OC(CO[Si](c3ccccc3)(c3ccccc3)C(C)(C)C)[C@H]3OC(C)(C)O[C@H]32)O1. The molecule has 206 valence electrons. The predicted molar refractivity (Wildman–Crippen MR) is 144 cm³/mol. The fourth-order valence-corrected chi connectivity index (χ4v) is 10.5. The minimum atomic E-state index is -2.76. The minimum Gasteiger partial charge on any atom is -0.434 e. The van der Waals surface area contributed by atoms with Crippen LogP contribution in [-0.2, 0) is 33.0 Å². The van der Waals surface area contributed by atoms with Gasteiger partial charge in [-0.2, -0.15) is 5.06 Å². The summed E-state index contributed by atoms with van der Waals surface area (Å²) in [7, 11) is -2.76. The number of hydrogen-bond acceptors (Lipinski definition) is 8. The Labute approximate surface area is 226 Å². The molecular weight excluding hydrogens is 502 g/mol. The van der Waals surface area contributed by atoms with E-state index in [1.165, 1.54) is 17.3 Å². The maximum absolute atomic E-state index is 11.4. The second-order valence-electron chi connectivity index (χ2n) is 11.7. The van der Waals surface area contributed by atoms with Crippen LogP contribution in [0.4, 0.5) is 0 Å². The zero-order valence-corrected chi connectivity index (χ0v) is 24.1. The molecule has 8 nitrogen and oxygen atoms in total. The van der Waals surface area contributed by atoms with Crippen LogP contribution in [0, 0.1) is 0 Å². The van der Waals surface area contributed by atoms with Crippen molar-refractivity contribution in [2.75, 3.05) is 13.2 Å². The van der Waals surface area contributed by atoms with Gasteiger partial charge in [0.25, 0.3) is 8.32 Å². The van der Waals surface area contributed by atoms with Crippen molar-refractivity contribution >= 4 is 24.7 Å². The molecule has 5 rings (SSSR count). The van der Waals surface area contributed by atoms with Crippen molar-refractivity contribution in [3.63, 3.8) is 0 Å². The fourth-order valence-electron chi connectivity index (χ4n) is 5.94. The molecule has 3 aliphatic rings. The van der Waals surface area contributed by atoms with Gasteiger partial charge < -0.3 is 23.4 Å². The number of benzene rings is 2. The van der Waals surface area contributed by atoms with E-state index in [1.54, 1.807) is 5.06 Å². The average molecular weight is 542 g/mol. The quantitative estimate of drug-likeness (QED) is 0.390. The fraction of sp³-hybridized carbons (Fsp3) is 0.552. The Bertz CT molecular complexity index is 1070. The normalized spacial score (nSPS) is 29.4. The molecule has 0 aliphatic carbocycles. The van der Waals surface area contributed by atoms with Gasteiger partial charge in [0.05, 0.1) is 6.61 Å². The van der Waals surface area contributed by atoms with Gasteiger partial charge in [0.15, 0.2) is 12.0 Å². The molecule has 0 aromatic heterocycles. The molecule has 3 aliphatic heterocycles. The maximum atomic E-state index is 11.4. The summed E-state index contributed by atoms with van der Waals surface area (Å²) in [5.41, 5.74) is 0. The van der Waals surface area contributed by atoms with Crippen molar-refractivity contribution in [2.24, 2.45) is 0 Å². The van der Waals surface area contributed by atoms with Crippen LogP contribution < -0.4 is 10.4 Å². The molecule has 0 saturated carbocycles. The van der Waals surface area contributed by atoms with E-state index in [0.717, 1.165) is 0 Å². The molecule has 0 bridgehead atoms. The molecule has 2 aromatic rings. The van der Waals surface area contributed by atoms with Gasteiger partial charge in [0, 0.05) is 19.9 Å². The summed E-state index contributed by atoms with van der Waals surface area (Å²) in [5, 5.41) is 3.98. The van der Waals surface area contributed by atoms with Gasteiger partial charge in [-0.1, -0.05) is 81.4 Å². The van der Waals surface area contributed by atoms with E-state index in [0.29, 0.717) is 19.6 Å². The number of rotatable bonds is 7. The first-order valence-corrected chi connectivity index (χ1v) is 15.3. The van der Waals surface area contributed by atoms with E-state index >= 15 is 0 Å². The molecule has 38 heavy (non-hydrogen) atoms. The molecule has 1 unspecified atom stereocenters. The first-order valence-electron chi connectivity index (χ1n) is 13.4. The molecule has 0 spiro atoms. The molecule has 0 amide bonds. The zero-order chi connectivity index (χ0) is 27.1. The van der Waals surface area contributed by atoms with Crippen molar-refractivity contribution in [3.05, 3.63) is 60.7 Å². The highest BCUT2D eigenvalue weighted by Gasteiger charge is 2.59. The number of fused-ring (bicyclic) bond motifs is 1. The van der Waals surface area contributed by atoms with Crippen LogP contribution >= 0.6 is 0 Å². The van der Waals surface area contributed by atoms with Crippen molar-refractivity contribution < 1.29 is 33.0 Å². The third kappa shape index (κ3) is 5.21. The lowest BCUT2D eigenvalue weighted by molar-refractivity contribution is -0.301. The summed E-state index contributed by atoms with van der Waals surface area (Å²) in [6.07, 6.45) is -1.64. The van der Waals surface area contributed by atoms with Crippen molar-refractivity contribution in [3.8, 4) is 0 Å². The van der Waals surface area contributed by atoms with Crippen molar-refractivity contribution in [2.45, 2.75) is 89.6 Å². The van der Waals surface area contributed by atoms with Crippen LogP contribution in [0.2, 0.25) is 5.04 Å². The number of carbonyl (C=O) groups excluding carboxylic acids is 1. The lowest BCUT2D eigenvalue weighted by Gasteiger charge is -2.43. The Hall–Kier alpha value is -2.11. The number of carbonyl (C=O) groups is 1. The molecule has 3 saturated heterocycles. The highest BCUT2D eigenvalue weighted by atomic mass is 28.4. The average Bonchev–Trinajstić information content (AvgIpc) is 3.53. The topological polar surface area (TPSA) is 75.7 Å². The van der Waals surface area contributed by atoms with Crippen LogP contribution in [0.25, 0.3) is 0 Å². The molecular formula is C29H39NO7Si. The summed E-state index contributed by atoms with van der Waals surface area (Å²) in [5.74, 6) is -1.14. The van der Waals surface area contributed by atoms with E-state index in [1.807, 2.05) is 26.0 Å². The smallest absolute Gasteiger partial charge is 0.304 e. The number of hydrogen-bond donors (Lipinski definition) is 0. The van der Waals surface area contributed by atoms with Gasteiger partial charge in [-0.25, -0.2) is 0 Å². The summed E-state index contributed by atoms with van der Waals surface area (Å²) < 4.78 is 31.6. The lowest BCUT2D eigenvalue weighted by atomic mass is 10.1. The van der Waals surface area contributed by atoms with Crippen LogP contribution in [0.5, 0.6) is 0 Å². The maximum Gasteiger partial charge on any atom is 0.304 e. The van der Waals surface area contributed by atoms with E-state index in [4.69, 9.17) is 28.2 Å². The first kappa shape index (κ1) is 27.5. The number of ether oxygens (including phenoxy) is 4. The summed E-state index contributed by atoms with van der Waals surface area (Å²) in [6, 6.07) is 21.1. The predicted octanol–water partition coefficient (Wildman–Crippen LogP) is 3.33. The second kappa shape index (κ2) is 10.5. The standard InChI is InChI=1S/C29H39NO7Si/c1-20(31)33-24-17-18-30(37-24)27-26-25(35-29(5,6)36-26)23(34-27)19-32-38(28(2,3)4,21-13-9-7-10-14-21)22-15-11-8-12-16-22/h7-16,23-27H,17-19H2,1-6H3/t23?,24-,25+,26+,27+/m0/s1. The number of nitrogens with zero attached hydrogens (tertiary/aromatic N) is 1. The third-order valence-electron chi connectivity index (χ3n) is 7.43. The van der Waals surface area contributed by atoms with Crippen molar-refractivity contribution in [1.29, 1.82) is 0 Å². The molecule has 3 fully saturated rings. The van der Waals surface area contributed by atoms with Crippen LogP contribution in [0.3, 0.4) is 0 Å². The molecule has 5 atom stereocenters. The first-order chi connectivity index (χ1) is 18.0. The largest absolute Gasteiger partial charge is 0.434 e. The Balaban J connectivity index is 1.43. The highest BCUT2D eigenvalue weighted by molar-refractivity contribution is 6.99. The van der Waals surface area contributed by atoms with E-state index in [-0.39, 0.29) is 29.3 Å². The summed E-state index contributed by atoms with van der Waals surface area (Å²) >= 11 is 0. The lowest BCUT2D eigenvalue weighted by Crippen LogP contribution is -2.67. The van der Waals surface area contributed by atoms with Gasteiger partial charge in [-0.05, 0) is 29.3 Å². The Morgan fingerprint density at radius 3 is 2.13 bits per heavy atom.